The van der Waals surface area contributed by atoms with Crippen molar-refractivity contribution in [2.45, 2.75) is 25.9 Å². The van der Waals surface area contributed by atoms with Gasteiger partial charge in [-0.1, -0.05) is 17.8 Å². The Labute approximate surface area is 139 Å². The summed E-state index contributed by atoms with van der Waals surface area (Å²) in [6, 6.07) is 5.77. The lowest BCUT2D eigenvalue weighted by atomic mass is 10.1. The van der Waals surface area contributed by atoms with Crippen molar-refractivity contribution in [3.05, 3.63) is 41.2 Å². The minimum atomic E-state index is -0.477. The molecule has 0 aliphatic heterocycles. The normalized spacial score (nSPS) is 10.4. The Bertz CT molecular complexity index is 712. The fraction of sp³-hybridized carbons (Fsp3) is 0.312. The summed E-state index contributed by atoms with van der Waals surface area (Å²) in [5.41, 5.74) is 3.29. The van der Waals surface area contributed by atoms with Gasteiger partial charge in [-0.15, -0.1) is 0 Å². The first-order valence-corrected chi connectivity index (χ1v) is 8.20. The van der Waals surface area contributed by atoms with E-state index in [-0.39, 0.29) is 17.4 Å². The number of hydrogen-bond donors (Lipinski definition) is 2. The second-order valence-electron chi connectivity index (χ2n) is 4.95. The van der Waals surface area contributed by atoms with Crippen molar-refractivity contribution in [1.82, 2.24) is 9.97 Å². The van der Waals surface area contributed by atoms with Crippen LogP contribution in [0.25, 0.3) is 0 Å². The van der Waals surface area contributed by atoms with E-state index in [9.17, 15) is 9.59 Å². The molecule has 1 aromatic heterocycles. The predicted octanol–water partition coefficient (Wildman–Crippen LogP) is 2.93. The SMILES string of the molecule is CCOC(=O)c1c[nH]c(SCC(=O)Nc2ccc(C)c(C)c2)n1. The topological polar surface area (TPSA) is 84.1 Å². The van der Waals surface area contributed by atoms with Gasteiger partial charge in [0.15, 0.2) is 10.9 Å². The highest BCUT2D eigenvalue weighted by Crippen LogP contribution is 2.17. The highest BCUT2D eigenvalue weighted by atomic mass is 32.2. The molecule has 0 bridgehead atoms. The molecule has 0 radical (unpaired) electrons. The van der Waals surface area contributed by atoms with Crippen molar-refractivity contribution in [1.29, 1.82) is 0 Å². The van der Waals surface area contributed by atoms with Gasteiger partial charge < -0.3 is 15.0 Å². The third-order valence-electron chi connectivity index (χ3n) is 3.17. The highest BCUT2D eigenvalue weighted by molar-refractivity contribution is 7.99. The molecular weight excluding hydrogens is 314 g/mol. The number of esters is 1. The maximum absolute atomic E-state index is 12.0. The molecule has 2 rings (SSSR count). The number of carbonyl (C=O) groups excluding carboxylic acids is 2. The van der Waals surface area contributed by atoms with Gasteiger partial charge in [0.2, 0.25) is 5.91 Å². The molecule has 0 unspecified atom stereocenters. The third-order valence-corrected chi connectivity index (χ3v) is 4.06. The average Bonchev–Trinajstić information content (AvgIpc) is 2.98. The second-order valence-corrected chi connectivity index (χ2v) is 5.91. The number of aromatic nitrogens is 2. The molecule has 1 aromatic carbocycles. The molecule has 0 fully saturated rings. The quantitative estimate of drug-likeness (QED) is 0.627. The Morgan fingerprint density at radius 3 is 2.78 bits per heavy atom. The first-order chi connectivity index (χ1) is 11.0. The fourth-order valence-corrected chi connectivity index (χ4v) is 2.48. The summed E-state index contributed by atoms with van der Waals surface area (Å²) in [4.78, 5) is 30.4. The number of imidazole rings is 1. The molecule has 0 spiro atoms. The van der Waals surface area contributed by atoms with Gasteiger partial charge in [-0.05, 0) is 44.0 Å². The van der Waals surface area contributed by atoms with E-state index in [1.165, 1.54) is 23.5 Å². The number of aryl methyl sites for hydroxylation is 2. The van der Waals surface area contributed by atoms with E-state index in [0.29, 0.717) is 11.8 Å². The maximum Gasteiger partial charge on any atom is 0.358 e. The summed E-state index contributed by atoms with van der Waals surface area (Å²) in [6.45, 7) is 6.05. The van der Waals surface area contributed by atoms with Gasteiger partial charge in [0, 0.05) is 11.9 Å². The zero-order valence-corrected chi connectivity index (χ0v) is 14.1. The number of aromatic amines is 1. The molecule has 6 nitrogen and oxygen atoms in total. The Hall–Kier alpha value is -2.28. The van der Waals surface area contributed by atoms with Crippen LogP contribution in [0.1, 0.15) is 28.5 Å². The lowest BCUT2D eigenvalue weighted by molar-refractivity contribution is -0.113. The van der Waals surface area contributed by atoms with Crippen molar-refractivity contribution in [3.8, 4) is 0 Å². The van der Waals surface area contributed by atoms with E-state index in [2.05, 4.69) is 15.3 Å². The van der Waals surface area contributed by atoms with Crippen LogP contribution in [0.5, 0.6) is 0 Å². The van der Waals surface area contributed by atoms with Crippen LogP contribution in [0.15, 0.2) is 29.6 Å². The minimum Gasteiger partial charge on any atom is -0.461 e. The van der Waals surface area contributed by atoms with Crippen LogP contribution in [-0.4, -0.2) is 34.2 Å². The zero-order chi connectivity index (χ0) is 16.8. The Morgan fingerprint density at radius 2 is 2.09 bits per heavy atom. The molecule has 0 saturated heterocycles. The van der Waals surface area contributed by atoms with E-state index in [1.54, 1.807) is 6.92 Å². The highest BCUT2D eigenvalue weighted by Gasteiger charge is 2.12. The lowest BCUT2D eigenvalue weighted by Crippen LogP contribution is -2.14. The number of carbonyl (C=O) groups is 2. The second kappa shape index (κ2) is 7.82. The van der Waals surface area contributed by atoms with Gasteiger partial charge in [-0.2, -0.15) is 0 Å². The van der Waals surface area contributed by atoms with E-state index in [1.807, 2.05) is 32.0 Å². The van der Waals surface area contributed by atoms with Gasteiger partial charge in [0.05, 0.1) is 12.4 Å². The molecular formula is C16H19N3O3S. The largest absolute Gasteiger partial charge is 0.461 e. The Kier molecular flexibility index (Phi) is 5.81. The van der Waals surface area contributed by atoms with Crippen LogP contribution >= 0.6 is 11.8 Å². The Balaban J connectivity index is 1.86. The molecule has 1 heterocycles. The molecule has 0 aliphatic rings. The van der Waals surface area contributed by atoms with Crippen molar-refractivity contribution in [2.24, 2.45) is 0 Å². The number of amides is 1. The third kappa shape index (κ3) is 4.85. The first-order valence-electron chi connectivity index (χ1n) is 7.22. The van der Waals surface area contributed by atoms with Gasteiger partial charge >= 0.3 is 5.97 Å². The molecule has 2 N–H and O–H groups in total. The summed E-state index contributed by atoms with van der Waals surface area (Å²) in [5, 5.41) is 3.34. The van der Waals surface area contributed by atoms with E-state index in [0.717, 1.165) is 11.3 Å². The van der Waals surface area contributed by atoms with Gasteiger partial charge in [-0.25, -0.2) is 9.78 Å². The van der Waals surface area contributed by atoms with Crippen LogP contribution in [0, 0.1) is 13.8 Å². The number of nitrogens with zero attached hydrogens (tertiary/aromatic N) is 1. The van der Waals surface area contributed by atoms with Crippen LogP contribution in [0.2, 0.25) is 0 Å². The number of benzene rings is 1. The van der Waals surface area contributed by atoms with Crippen molar-refractivity contribution in [2.75, 3.05) is 17.7 Å². The summed E-state index contributed by atoms with van der Waals surface area (Å²) >= 11 is 1.22. The number of anilines is 1. The standard InChI is InChI=1S/C16H19N3O3S/c1-4-22-15(21)13-8-17-16(19-13)23-9-14(20)18-12-6-5-10(2)11(3)7-12/h5-8H,4,9H2,1-3H3,(H,17,19)(H,18,20). The van der Waals surface area contributed by atoms with Crippen molar-refractivity contribution >= 4 is 29.3 Å². The van der Waals surface area contributed by atoms with Crippen LogP contribution in [0.3, 0.4) is 0 Å². The van der Waals surface area contributed by atoms with Crippen LogP contribution in [-0.2, 0) is 9.53 Å². The van der Waals surface area contributed by atoms with E-state index < -0.39 is 5.97 Å². The molecule has 0 saturated carbocycles. The van der Waals surface area contributed by atoms with Gasteiger partial charge in [-0.3, -0.25) is 4.79 Å². The molecule has 1 amide bonds. The monoisotopic (exact) mass is 333 g/mol. The summed E-state index contributed by atoms with van der Waals surface area (Å²) in [5.74, 6) is -0.412. The van der Waals surface area contributed by atoms with Crippen LogP contribution < -0.4 is 5.32 Å². The number of ether oxygens (including phenoxy) is 1. The van der Waals surface area contributed by atoms with Crippen molar-refractivity contribution < 1.29 is 14.3 Å². The first kappa shape index (κ1) is 17.1. The predicted molar refractivity (Wildman–Crippen MR) is 89.8 cm³/mol. The van der Waals surface area contributed by atoms with Crippen LogP contribution in [0.4, 0.5) is 5.69 Å². The maximum atomic E-state index is 12.0. The fourth-order valence-electron chi connectivity index (χ4n) is 1.84. The zero-order valence-electron chi connectivity index (χ0n) is 13.3. The lowest BCUT2D eigenvalue weighted by Gasteiger charge is -2.07. The molecule has 122 valence electrons. The summed E-state index contributed by atoms with van der Waals surface area (Å²) in [6.07, 6.45) is 1.47. The molecule has 0 aliphatic carbocycles. The smallest absolute Gasteiger partial charge is 0.358 e. The number of nitrogens with one attached hydrogen (secondary N) is 2. The number of H-pyrrole nitrogens is 1. The van der Waals surface area contributed by atoms with Gasteiger partial charge in [0.1, 0.15) is 0 Å². The number of thioether (sulfide) groups is 1. The Morgan fingerprint density at radius 1 is 1.30 bits per heavy atom. The van der Waals surface area contributed by atoms with Crippen molar-refractivity contribution in [3.63, 3.8) is 0 Å². The summed E-state index contributed by atoms with van der Waals surface area (Å²) in [7, 11) is 0. The minimum absolute atomic E-state index is 0.132. The summed E-state index contributed by atoms with van der Waals surface area (Å²) < 4.78 is 4.86. The molecule has 7 heteroatoms. The van der Waals surface area contributed by atoms with E-state index in [4.69, 9.17) is 4.74 Å². The van der Waals surface area contributed by atoms with Gasteiger partial charge in [0.25, 0.3) is 0 Å². The molecule has 0 atom stereocenters. The molecule has 2 aromatic rings. The van der Waals surface area contributed by atoms with E-state index >= 15 is 0 Å². The number of rotatable bonds is 6. The molecule has 23 heavy (non-hydrogen) atoms. The average molecular weight is 333 g/mol. The number of hydrogen-bond acceptors (Lipinski definition) is 5.